The predicted molar refractivity (Wildman–Crippen MR) is 125 cm³/mol. The first-order valence-electron chi connectivity index (χ1n) is 10.8. The van der Waals surface area contributed by atoms with Gasteiger partial charge in [-0.25, -0.2) is 4.79 Å². The summed E-state index contributed by atoms with van der Waals surface area (Å²) in [5.41, 5.74) is 1.87. The number of nitrogens with zero attached hydrogens (tertiary/aromatic N) is 2. The number of aryl methyl sites for hydroxylation is 1. The van der Waals surface area contributed by atoms with Gasteiger partial charge in [-0.05, 0) is 69.7 Å². The Kier molecular flexibility index (Phi) is 7.26. The molecule has 0 radical (unpaired) electrons. The van der Waals surface area contributed by atoms with E-state index in [1.54, 1.807) is 16.2 Å². The second-order valence-electron chi connectivity index (χ2n) is 8.92. The van der Waals surface area contributed by atoms with E-state index < -0.39 is 0 Å². The molecule has 0 saturated carbocycles. The number of likely N-dealkylation sites (N-methyl/N-ethyl adjacent to an activating group) is 1. The first-order valence-corrected chi connectivity index (χ1v) is 11.7. The van der Waals surface area contributed by atoms with E-state index >= 15 is 0 Å². The molecule has 6 nitrogen and oxygen atoms in total. The molecule has 1 N–H and O–H groups in total. The van der Waals surface area contributed by atoms with Gasteiger partial charge in [0.25, 0.3) is 0 Å². The van der Waals surface area contributed by atoms with Gasteiger partial charge in [0.1, 0.15) is 18.9 Å². The molecule has 1 aromatic heterocycles. The van der Waals surface area contributed by atoms with Crippen molar-refractivity contribution in [2.45, 2.75) is 52.6 Å². The topological polar surface area (TPSA) is 61.9 Å². The van der Waals surface area contributed by atoms with Crippen LogP contribution in [0.1, 0.15) is 49.7 Å². The van der Waals surface area contributed by atoms with E-state index in [1.165, 1.54) is 4.88 Å². The number of amides is 3. The summed E-state index contributed by atoms with van der Waals surface area (Å²) in [6.07, 6.45) is 0.833. The molecule has 2 heterocycles. The minimum atomic E-state index is -0.353. The number of carbonyl (C=O) groups is 2. The smallest absolute Gasteiger partial charge is 0.318 e. The molecule has 0 unspecified atom stereocenters. The lowest BCUT2D eigenvalue weighted by Crippen LogP contribution is -2.52. The Balaban J connectivity index is 1.75. The van der Waals surface area contributed by atoms with E-state index in [4.69, 9.17) is 4.74 Å². The minimum absolute atomic E-state index is 0.0543. The first-order chi connectivity index (χ1) is 14.7. The predicted octanol–water partition coefficient (Wildman–Crippen LogP) is 4.39. The summed E-state index contributed by atoms with van der Waals surface area (Å²) in [7, 11) is 0. The lowest BCUT2D eigenvalue weighted by atomic mass is 10.0. The molecule has 2 aromatic rings. The largest absolute Gasteiger partial charge is 0.491 e. The molecule has 7 heteroatoms. The molecular formula is C24H33N3O3S. The van der Waals surface area contributed by atoms with Gasteiger partial charge in [0.2, 0.25) is 5.91 Å². The third kappa shape index (κ3) is 5.79. The third-order valence-corrected chi connectivity index (χ3v) is 6.38. The second kappa shape index (κ2) is 9.73. The molecule has 0 saturated heterocycles. The molecule has 3 amide bonds. The quantitative estimate of drug-likeness (QED) is 0.720. The molecule has 31 heavy (non-hydrogen) atoms. The minimum Gasteiger partial charge on any atom is -0.491 e. The van der Waals surface area contributed by atoms with Crippen molar-refractivity contribution in [1.29, 1.82) is 0 Å². The normalized spacial score (nSPS) is 15.9. The van der Waals surface area contributed by atoms with Gasteiger partial charge in [0.05, 0.1) is 6.04 Å². The first kappa shape index (κ1) is 23.1. The molecule has 168 valence electrons. The van der Waals surface area contributed by atoms with Crippen molar-refractivity contribution >= 4 is 23.3 Å². The third-order valence-electron chi connectivity index (χ3n) is 5.38. The summed E-state index contributed by atoms with van der Waals surface area (Å²) in [4.78, 5) is 30.7. The number of thiophene rings is 1. The van der Waals surface area contributed by atoms with Crippen LogP contribution in [0.25, 0.3) is 0 Å². The van der Waals surface area contributed by atoms with Gasteiger partial charge < -0.3 is 19.9 Å². The van der Waals surface area contributed by atoms with Gasteiger partial charge in [0, 0.05) is 23.5 Å². The van der Waals surface area contributed by atoms with Gasteiger partial charge in [0.15, 0.2) is 0 Å². The summed E-state index contributed by atoms with van der Waals surface area (Å²) < 4.78 is 6.15. The van der Waals surface area contributed by atoms with Crippen molar-refractivity contribution in [3.63, 3.8) is 0 Å². The van der Waals surface area contributed by atoms with Crippen LogP contribution in [0.15, 0.2) is 35.7 Å². The summed E-state index contributed by atoms with van der Waals surface area (Å²) in [6, 6.07) is 9.62. The summed E-state index contributed by atoms with van der Waals surface area (Å²) in [5, 5.41) is 5.03. The standard InChI is InChI=1S/C24H33N3O3S/c1-6-26(23(29)25-24(3,4)5)15-22(28)27-13-11-21-18(12-14-31-21)19(27)16-30-20-10-8-7-9-17(20)2/h7-10,12,14,19H,6,11,13,15-16H2,1-5H3,(H,25,29)/t19-/m0/s1. The maximum atomic E-state index is 13.3. The highest BCUT2D eigenvalue weighted by atomic mass is 32.1. The summed E-state index contributed by atoms with van der Waals surface area (Å²) >= 11 is 1.73. The fraction of sp³-hybridized carbons (Fsp3) is 0.500. The number of hydrogen-bond donors (Lipinski definition) is 1. The number of ether oxygens (including phenoxy) is 1. The molecule has 3 rings (SSSR count). The Morgan fingerprint density at radius 1 is 1.26 bits per heavy atom. The van der Waals surface area contributed by atoms with Crippen LogP contribution in [0.2, 0.25) is 0 Å². The highest BCUT2D eigenvalue weighted by Gasteiger charge is 2.33. The molecule has 0 bridgehead atoms. The highest BCUT2D eigenvalue weighted by Crippen LogP contribution is 2.34. The molecule has 1 aromatic carbocycles. The Hall–Kier alpha value is -2.54. The van der Waals surface area contributed by atoms with Crippen molar-refractivity contribution in [2.24, 2.45) is 0 Å². The molecule has 0 fully saturated rings. The number of rotatable bonds is 6. The SMILES string of the molecule is CCN(CC(=O)N1CCc2sccc2[C@@H]1COc1ccccc1C)C(=O)NC(C)(C)C. The van der Waals surface area contributed by atoms with Crippen molar-refractivity contribution in [3.05, 3.63) is 51.7 Å². The van der Waals surface area contributed by atoms with Crippen LogP contribution >= 0.6 is 11.3 Å². The van der Waals surface area contributed by atoms with Crippen LogP contribution in [-0.2, 0) is 11.2 Å². The number of carbonyl (C=O) groups excluding carboxylic acids is 2. The number of hydrogen-bond acceptors (Lipinski definition) is 4. The average Bonchev–Trinajstić information content (AvgIpc) is 3.18. The van der Waals surface area contributed by atoms with E-state index in [-0.39, 0.29) is 30.1 Å². The molecule has 1 aliphatic rings. The lowest BCUT2D eigenvalue weighted by molar-refractivity contribution is -0.135. The number of nitrogens with one attached hydrogen (secondary N) is 1. The number of fused-ring (bicyclic) bond motifs is 1. The molecule has 1 atom stereocenters. The average molecular weight is 444 g/mol. The van der Waals surface area contributed by atoms with Crippen LogP contribution in [0.3, 0.4) is 0 Å². The van der Waals surface area contributed by atoms with E-state index in [0.29, 0.717) is 19.7 Å². The zero-order chi connectivity index (χ0) is 22.6. The van der Waals surface area contributed by atoms with E-state index in [1.807, 2.05) is 63.8 Å². The molecule has 0 spiro atoms. The molecule has 1 aliphatic heterocycles. The number of urea groups is 1. The van der Waals surface area contributed by atoms with Crippen LogP contribution in [0.5, 0.6) is 5.75 Å². The highest BCUT2D eigenvalue weighted by molar-refractivity contribution is 7.10. The maximum absolute atomic E-state index is 13.3. The fourth-order valence-corrected chi connectivity index (χ4v) is 4.67. The molecule has 0 aliphatic carbocycles. The monoisotopic (exact) mass is 443 g/mol. The van der Waals surface area contributed by atoms with Gasteiger partial charge in [-0.1, -0.05) is 18.2 Å². The summed E-state index contributed by atoms with van der Waals surface area (Å²) in [5.74, 6) is 0.776. The van der Waals surface area contributed by atoms with Crippen LogP contribution < -0.4 is 10.1 Å². The van der Waals surface area contributed by atoms with E-state index in [9.17, 15) is 9.59 Å². The Morgan fingerprint density at radius 2 is 2.00 bits per heavy atom. The Morgan fingerprint density at radius 3 is 2.68 bits per heavy atom. The lowest BCUT2D eigenvalue weighted by Gasteiger charge is -2.37. The van der Waals surface area contributed by atoms with E-state index in [2.05, 4.69) is 16.8 Å². The van der Waals surface area contributed by atoms with Gasteiger partial charge in [-0.2, -0.15) is 0 Å². The van der Waals surface area contributed by atoms with Gasteiger partial charge >= 0.3 is 6.03 Å². The number of benzene rings is 1. The fourth-order valence-electron chi connectivity index (χ4n) is 3.74. The van der Waals surface area contributed by atoms with Gasteiger partial charge in [-0.3, -0.25) is 4.79 Å². The Labute approximate surface area is 189 Å². The van der Waals surface area contributed by atoms with Crippen LogP contribution in [0, 0.1) is 6.92 Å². The van der Waals surface area contributed by atoms with Gasteiger partial charge in [-0.15, -0.1) is 11.3 Å². The van der Waals surface area contributed by atoms with Crippen LogP contribution in [0.4, 0.5) is 4.79 Å². The Bertz CT molecular complexity index is 919. The van der Waals surface area contributed by atoms with Crippen molar-refractivity contribution in [1.82, 2.24) is 15.1 Å². The van der Waals surface area contributed by atoms with Crippen molar-refractivity contribution < 1.29 is 14.3 Å². The zero-order valence-electron chi connectivity index (χ0n) is 19.1. The summed E-state index contributed by atoms with van der Waals surface area (Å²) in [6.45, 7) is 11.2. The van der Waals surface area contributed by atoms with Crippen molar-refractivity contribution in [2.75, 3.05) is 26.2 Å². The second-order valence-corrected chi connectivity index (χ2v) is 9.92. The maximum Gasteiger partial charge on any atom is 0.318 e. The van der Waals surface area contributed by atoms with Crippen LogP contribution in [-0.4, -0.2) is 53.5 Å². The van der Waals surface area contributed by atoms with Crippen molar-refractivity contribution in [3.8, 4) is 5.75 Å². The number of para-hydroxylation sites is 1. The zero-order valence-corrected chi connectivity index (χ0v) is 19.9. The van der Waals surface area contributed by atoms with E-state index in [0.717, 1.165) is 23.3 Å². The molecular weight excluding hydrogens is 410 g/mol.